The van der Waals surface area contributed by atoms with E-state index in [1.807, 2.05) is 0 Å². The average molecular weight is 437 g/mol. The number of imidazole rings is 1. The van der Waals surface area contributed by atoms with E-state index in [0.29, 0.717) is 19.0 Å². The van der Waals surface area contributed by atoms with Gasteiger partial charge in [-0.05, 0) is 17.7 Å². The number of carbonyl (C=O) groups excluding carboxylic acids is 1. The first-order valence-electron chi connectivity index (χ1n) is 9.30. The second-order valence-corrected chi connectivity index (χ2v) is 7.12. The van der Waals surface area contributed by atoms with Crippen LogP contribution in [0, 0.1) is 5.82 Å². The number of benzene rings is 1. The van der Waals surface area contributed by atoms with Crippen LogP contribution in [0.3, 0.4) is 0 Å². The maximum Gasteiger partial charge on any atom is 0.332 e. The molecular formula is C19H22ClFN6O3. The zero-order valence-electron chi connectivity index (χ0n) is 16.6. The fourth-order valence-electron chi connectivity index (χ4n) is 3.06. The number of alkyl halides is 1. The van der Waals surface area contributed by atoms with Crippen molar-refractivity contribution in [1.29, 1.82) is 0 Å². The number of aromatic nitrogens is 4. The van der Waals surface area contributed by atoms with Gasteiger partial charge in [-0.2, -0.15) is 4.98 Å². The molecule has 3 aromatic rings. The summed E-state index contributed by atoms with van der Waals surface area (Å²) in [6.07, 6.45) is 0.225. The van der Waals surface area contributed by atoms with Crippen LogP contribution in [0.2, 0.25) is 0 Å². The molecule has 0 aliphatic carbocycles. The van der Waals surface area contributed by atoms with Gasteiger partial charge in [0.05, 0.1) is 6.54 Å². The van der Waals surface area contributed by atoms with Crippen molar-refractivity contribution in [3.05, 3.63) is 56.5 Å². The topological polar surface area (TPSA) is 103 Å². The molecule has 1 aromatic carbocycles. The molecule has 0 unspecified atom stereocenters. The van der Waals surface area contributed by atoms with Gasteiger partial charge in [-0.3, -0.25) is 23.3 Å². The molecule has 160 valence electrons. The summed E-state index contributed by atoms with van der Waals surface area (Å²) < 4.78 is 17.2. The largest absolute Gasteiger partial charge is 0.354 e. The monoisotopic (exact) mass is 436 g/mol. The van der Waals surface area contributed by atoms with Gasteiger partial charge in [0, 0.05) is 39.5 Å². The van der Waals surface area contributed by atoms with Crippen molar-refractivity contribution in [1.82, 2.24) is 24.0 Å². The number of fused-ring (bicyclic) bond motifs is 1. The molecule has 2 heterocycles. The molecule has 3 rings (SSSR count). The third-order valence-corrected chi connectivity index (χ3v) is 4.84. The highest BCUT2D eigenvalue weighted by atomic mass is 35.5. The summed E-state index contributed by atoms with van der Waals surface area (Å²) in [5, 5.41) is 5.81. The third kappa shape index (κ3) is 4.38. The second kappa shape index (κ2) is 9.12. The highest BCUT2D eigenvalue weighted by molar-refractivity contribution is 6.18. The van der Waals surface area contributed by atoms with E-state index in [1.54, 1.807) is 16.7 Å². The van der Waals surface area contributed by atoms with Crippen molar-refractivity contribution in [3.63, 3.8) is 0 Å². The van der Waals surface area contributed by atoms with Crippen molar-refractivity contribution in [2.45, 2.75) is 13.0 Å². The number of anilines is 1. The minimum Gasteiger partial charge on any atom is -0.354 e. The maximum absolute atomic E-state index is 13.3. The standard InChI is InChI=1S/C19H22ClFN6O3/c1-25-16-15(17(29)26(2)19(25)30)27(11-12-3-5-13(21)6-4-12)18(24-16)23-10-9-22-14(28)7-8-20/h3-6H,7-11H2,1-2H3,(H,22,28)(H,23,24). The van der Waals surface area contributed by atoms with Gasteiger partial charge in [-0.15, -0.1) is 11.6 Å². The van der Waals surface area contributed by atoms with Crippen LogP contribution in [0.1, 0.15) is 12.0 Å². The SMILES string of the molecule is Cn1c(=O)c2c(nc(NCCNC(=O)CCCl)n2Cc2ccc(F)cc2)n(C)c1=O. The van der Waals surface area contributed by atoms with Crippen molar-refractivity contribution in [3.8, 4) is 0 Å². The fraction of sp³-hybridized carbons (Fsp3) is 0.368. The predicted molar refractivity (Wildman–Crippen MR) is 113 cm³/mol. The number of rotatable bonds is 8. The predicted octanol–water partition coefficient (Wildman–Crippen LogP) is 0.778. The molecule has 1 amide bonds. The molecule has 0 spiro atoms. The van der Waals surface area contributed by atoms with E-state index < -0.39 is 11.2 Å². The van der Waals surface area contributed by atoms with E-state index in [-0.39, 0.29) is 41.7 Å². The Morgan fingerprint density at radius 3 is 2.50 bits per heavy atom. The van der Waals surface area contributed by atoms with Crippen molar-refractivity contribution < 1.29 is 9.18 Å². The Hall–Kier alpha value is -3.14. The molecule has 30 heavy (non-hydrogen) atoms. The zero-order chi connectivity index (χ0) is 21.8. The van der Waals surface area contributed by atoms with Gasteiger partial charge in [-0.25, -0.2) is 9.18 Å². The Morgan fingerprint density at radius 1 is 1.13 bits per heavy atom. The Morgan fingerprint density at radius 2 is 1.83 bits per heavy atom. The molecule has 0 atom stereocenters. The van der Waals surface area contributed by atoms with Crippen LogP contribution < -0.4 is 21.9 Å². The molecule has 2 N–H and O–H groups in total. The Kier molecular flexibility index (Phi) is 6.56. The summed E-state index contributed by atoms with van der Waals surface area (Å²) in [6, 6.07) is 5.90. The van der Waals surface area contributed by atoms with E-state index in [4.69, 9.17) is 11.6 Å². The normalized spacial score (nSPS) is 11.1. The van der Waals surface area contributed by atoms with Crippen LogP contribution in [0.5, 0.6) is 0 Å². The summed E-state index contributed by atoms with van der Waals surface area (Å²) in [4.78, 5) is 41.0. The molecule has 0 radical (unpaired) electrons. The molecule has 0 aliphatic rings. The van der Waals surface area contributed by atoms with Crippen LogP contribution in [0.15, 0.2) is 33.9 Å². The Balaban J connectivity index is 1.98. The van der Waals surface area contributed by atoms with Crippen LogP contribution in [-0.4, -0.2) is 43.6 Å². The fourth-order valence-corrected chi connectivity index (χ4v) is 3.23. The van der Waals surface area contributed by atoms with Gasteiger partial charge in [0.1, 0.15) is 5.82 Å². The number of hydrogen-bond donors (Lipinski definition) is 2. The maximum atomic E-state index is 13.3. The first kappa shape index (κ1) is 21.6. The van der Waals surface area contributed by atoms with E-state index in [1.165, 1.54) is 30.8 Å². The van der Waals surface area contributed by atoms with Crippen LogP contribution >= 0.6 is 11.6 Å². The smallest absolute Gasteiger partial charge is 0.332 e. The molecule has 0 aliphatic heterocycles. The van der Waals surface area contributed by atoms with E-state index in [2.05, 4.69) is 15.6 Å². The number of carbonyl (C=O) groups is 1. The molecule has 0 saturated heterocycles. The average Bonchev–Trinajstić information content (AvgIpc) is 3.08. The van der Waals surface area contributed by atoms with E-state index in [9.17, 15) is 18.8 Å². The second-order valence-electron chi connectivity index (χ2n) is 6.74. The van der Waals surface area contributed by atoms with Gasteiger partial charge in [0.25, 0.3) is 5.56 Å². The lowest BCUT2D eigenvalue weighted by Gasteiger charge is -2.11. The van der Waals surface area contributed by atoms with Crippen molar-refractivity contribution in [2.24, 2.45) is 14.1 Å². The lowest BCUT2D eigenvalue weighted by atomic mass is 10.2. The van der Waals surface area contributed by atoms with E-state index in [0.717, 1.165) is 10.1 Å². The Labute approximate surface area is 176 Å². The number of nitrogens with zero attached hydrogens (tertiary/aromatic N) is 4. The van der Waals surface area contributed by atoms with Gasteiger partial charge >= 0.3 is 5.69 Å². The molecule has 2 aromatic heterocycles. The minimum absolute atomic E-state index is 0.164. The zero-order valence-corrected chi connectivity index (χ0v) is 17.4. The number of amides is 1. The van der Waals surface area contributed by atoms with Crippen LogP contribution in [0.4, 0.5) is 10.3 Å². The van der Waals surface area contributed by atoms with E-state index >= 15 is 0 Å². The van der Waals surface area contributed by atoms with Crippen LogP contribution in [-0.2, 0) is 25.4 Å². The first-order valence-corrected chi connectivity index (χ1v) is 9.84. The van der Waals surface area contributed by atoms with Gasteiger partial charge in [0.2, 0.25) is 11.9 Å². The van der Waals surface area contributed by atoms with Gasteiger partial charge in [0.15, 0.2) is 11.2 Å². The highest BCUT2D eigenvalue weighted by Gasteiger charge is 2.19. The Bertz CT molecular complexity index is 1180. The molecule has 9 nitrogen and oxygen atoms in total. The van der Waals surface area contributed by atoms with Gasteiger partial charge in [-0.1, -0.05) is 12.1 Å². The summed E-state index contributed by atoms with van der Waals surface area (Å²) >= 11 is 5.54. The summed E-state index contributed by atoms with van der Waals surface area (Å²) in [5.41, 5.74) is 0.270. The summed E-state index contributed by atoms with van der Waals surface area (Å²) in [6.45, 7) is 0.909. The molecule has 0 fully saturated rings. The highest BCUT2D eigenvalue weighted by Crippen LogP contribution is 2.18. The number of aryl methyl sites for hydroxylation is 1. The third-order valence-electron chi connectivity index (χ3n) is 4.65. The van der Waals surface area contributed by atoms with Crippen molar-refractivity contribution in [2.75, 3.05) is 24.3 Å². The molecular weight excluding hydrogens is 415 g/mol. The quantitative estimate of drug-likeness (QED) is 0.401. The lowest BCUT2D eigenvalue weighted by Crippen LogP contribution is -2.37. The van der Waals surface area contributed by atoms with Gasteiger partial charge < -0.3 is 10.6 Å². The summed E-state index contributed by atoms with van der Waals surface area (Å²) in [7, 11) is 2.94. The molecule has 0 saturated carbocycles. The van der Waals surface area contributed by atoms with Crippen molar-refractivity contribution >= 4 is 34.6 Å². The lowest BCUT2D eigenvalue weighted by molar-refractivity contribution is -0.120. The molecule has 0 bridgehead atoms. The number of hydrogen-bond acceptors (Lipinski definition) is 5. The number of halogens is 2. The minimum atomic E-state index is -0.487. The number of nitrogens with one attached hydrogen (secondary N) is 2. The first-order chi connectivity index (χ1) is 14.3. The molecule has 11 heteroatoms. The summed E-state index contributed by atoms with van der Waals surface area (Å²) in [5.74, 6) is 0.0741. The van der Waals surface area contributed by atoms with Crippen LogP contribution in [0.25, 0.3) is 11.2 Å².